The molecule has 1 saturated carbocycles. The van der Waals surface area contributed by atoms with Crippen LogP contribution < -0.4 is 27.0 Å². The van der Waals surface area contributed by atoms with Crippen LogP contribution in [0.2, 0.25) is 0 Å². The van der Waals surface area contributed by atoms with Gasteiger partial charge in [0, 0.05) is 45.0 Å². The van der Waals surface area contributed by atoms with Crippen molar-refractivity contribution in [1.29, 1.82) is 0 Å². The molecule has 1 rings (SSSR count). The van der Waals surface area contributed by atoms with Crippen LogP contribution >= 0.6 is 0 Å². The van der Waals surface area contributed by atoms with E-state index in [2.05, 4.69) is 21.3 Å². The molecule has 13 nitrogen and oxygen atoms in total. The molecule has 0 radical (unpaired) electrons. The highest BCUT2D eigenvalue weighted by atomic mass is 16.6. The van der Waals surface area contributed by atoms with Crippen molar-refractivity contribution in [2.45, 2.75) is 103 Å². The lowest BCUT2D eigenvalue weighted by Gasteiger charge is -2.29. The van der Waals surface area contributed by atoms with Crippen LogP contribution in [0.3, 0.4) is 0 Å². The second-order valence-electron chi connectivity index (χ2n) is 9.99. The summed E-state index contributed by atoms with van der Waals surface area (Å²) in [6.45, 7) is 10.4. The lowest BCUT2D eigenvalue weighted by atomic mass is 9.91. The first-order chi connectivity index (χ1) is 21.4. The minimum absolute atomic E-state index is 0.0495. The lowest BCUT2D eigenvalue weighted by molar-refractivity contribution is -0.125. The van der Waals surface area contributed by atoms with Gasteiger partial charge in [0.2, 0.25) is 17.7 Å². The van der Waals surface area contributed by atoms with Gasteiger partial charge in [0.15, 0.2) is 0 Å². The Morgan fingerprint density at radius 2 is 1.36 bits per heavy atom. The number of nitrogens with two attached hydrogens (primary N) is 1. The highest BCUT2D eigenvalue weighted by molar-refractivity contribution is 5.83. The number of unbranched alkanes of at least 4 members (excludes halogenated alkanes) is 2. The third kappa shape index (κ3) is 27.4. The molecule has 0 aliphatic heterocycles. The normalized spacial score (nSPS) is 16.3. The standard InChI is InChI=1S/C24H46N4O7.C5H11NO.C2H6/c1-4-22(29)27-19-5-7-20(8-6-19)28-23(30)10-9-21(25-2)24(31)26-11-12-33-15-16-35-18-17-34-14-13-32-3;6-4-2-1-3-5-7;1-2/h19-21,25H,4-18H2,1-3H3,(H,26,31)(H,27,29)(H,28,30);5H,1-4,6H2;1-2H3/t19?,20?,21-;;/m0../s1. The number of rotatable bonds is 24. The van der Waals surface area contributed by atoms with Gasteiger partial charge in [0.25, 0.3) is 0 Å². The Hall–Kier alpha value is -2.16. The topological polar surface area (TPSA) is 179 Å². The van der Waals surface area contributed by atoms with E-state index in [-0.39, 0.29) is 36.2 Å². The van der Waals surface area contributed by atoms with Gasteiger partial charge in [-0.05, 0) is 58.5 Å². The largest absolute Gasteiger partial charge is 0.382 e. The Morgan fingerprint density at radius 1 is 0.841 bits per heavy atom. The van der Waals surface area contributed by atoms with Crippen LogP contribution in [0.15, 0.2) is 0 Å². The third-order valence-electron chi connectivity index (χ3n) is 6.60. The first kappa shape index (κ1) is 44.0. The summed E-state index contributed by atoms with van der Waals surface area (Å²) in [5.74, 6) is -0.128. The Balaban J connectivity index is 0. The summed E-state index contributed by atoms with van der Waals surface area (Å²) >= 11 is 0. The average molecular weight is 634 g/mol. The third-order valence-corrected chi connectivity index (χ3v) is 6.60. The Kier molecular flexibility index (Phi) is 33.7. The van der Waals surface area contributed by atoms with Gasteiger partial charge in [-0.1, -0.05) is 20.8 Å². The van der Waals surface area contributed by atoms with Crippen molar-refractivity contribution < 1.29 is 38.1 Å². The molecule has 0 aromatic heterocycles. The molecule has 0 unspecified atom stereocenters. The second-order valence-corrected chi connectivity index (χ2v) is 9.99. The fraction of sp³-hybridized carbons (Fsp3) is 0.871. The highest BCUT2D eigenvalue weighted by Crippen LogP contribution is 2.19. The first-order valence-electron chi connectivity index (χ1n) is 16.3. The molecular formula is C31H63N5O8. The average Bonchev–Trinajstić information content (AvgIpc) is 3.04. The SMILES string of the molecule is CC.CCC(=O)NC1CCC(NC(=O)CC[C@H](NC)C(=O)NCCOCCOCCOCCOC)CC1.NCCCCC=O. The van der Waals surface area contributed by atoms with Gasteiger partial charge in [-0.2, -0.15) is 0 Å². The van der Waals surface area contributed by atoms with E-state index in [0.29, 0.717) is 78.6 Å². The maximum atomic E-state index is 12.4. The molecule has 0 aromatic carbocycles. The summed E-state index contributed by atoms with van der Waals surface area (Å²) in [4.78, 5) is 45.9. The van der Waals surface area contributed by atoms with Gasteiger partial charge in [0.05, 0.1) is 52.3 Å². The Bertz CT molecular complexity index is 694. The molecule has 0 saturated heterocycles. The molecule has 0 spiro atoms. The number of ether oxygens (including phenoxy) is 4. The predicted octanol–water partition coefficient (Wildman–Crippen LogP) is 1.46. The van der Waals surface area contributed by atoms with Gasteiger partial charge in [-0.15, -0.1) is 0 Å². The minimum Gasteiger partial charge on any atom is -0.382 e. The van der Waals surface area contributed by atoms with Gasteiger partial charge in [-0.25, -0.2) is 0 Å². The molecule has 1 aliphatic carbocycles. The van der Waals surface area contributed by atoms with E-state index >= 15 is 0 Å². The number of amides is 3. The molecule has 0 aromatic rings. The summed E-state index contributed by atoms with van der Waals surface area (Å²) < 4.78 is 21.0. The molecule has 44 heavy (non-hydrogen) atoms. The van der Waals surface area contributed by atoms with Crippen LogP contribution in [0.5, 0.6) is 0 Å². The number of carbonyl (C=O) groups excluding carboxylic acids is 4. The predicted molar refractivity (Wildman–Crippen MR) is 172 cm³/mol. The van der Waals surface area contributed by atoms with E-state index < -0.39 is 6.04 Å². The molecule has 260 valence electrons. The minimum atomic E-state index is -0.442. The van der Waals surface area contributed by atoms with Crippen molar-refractivity contribution in [3.8, 4) is 0 Å². The molecule has 0 bridgehead atoms. The summed E-state index contributed by atoms with van der Waals surface area (Å²) in [5.41, 5.74) is 5.15. The molecule has 1 atom stereocenters. The summed E-state index contributed by atoms with van der Waals surface area (Å²) in [6, 6.07) is -0.110. The maximum absolute atomic E-state index is 12.4. The van der Waals surface area contributed by atoms with E-state index in [1.165, 1.54) is 0 Å². The van der Waals surface area contributed by atoms with Crippen molar-refractivity contribution in [1.82, 2.24) is 21.3 Å². The van der Waals surface area contributed by atoms with Crippen LogP contribution in [0.25, 0.3) is 0 Å². The van der Waals surface area contributed by atoms with Crippen LogP contribution in [-0.2, 0) is 38.1 Å². The molecule has 0 heterocycles. The zero-order chi connectivity index (χ0) is 33.3. The molecule has 3 amide bonds. The number of hydrogen-bond acceptors (Lipinski definition) is 10. The van der Waals surface area contributed by atoms with Gasteiger partial charge in [0.1, 0.15) is 6.29 Å². The summed E-state index contributed by atoms with van der Waals surface area (Å²) in [6.07, 6.45) is 8.13. The van der Waals surface area contributed by atoms with E-state index in [1.807, 2.05) is 20.8 Å². The van der Waals surface area contributed by atoms with Crippen molar-refractivity contribution in [3.63, 3.8) is 0 Å². The summed E-state index contributed by atoms with van der Waals surface area (Å²) in [7, 11) is 3.34. The van der Waals surface area contributed by atoms with E-state index in [4.69, 9.17) is 24.7 Å². The zero-order valence-corrected chi connectivity index (χ0v) is 28.1. The van der Waals surface area contributed by atoms with Crippen LogP contribution in [-0.4, -0.2) is 116 Å². The second kappa shape index (κ2) is 33.7. The summed E-state index contributed by atoms with van der Waals surface area (Å²) in [5, 5.41) is 11.9. The van der Waals surface area contributed by atoms with Crippen LogP contribution in [0.4, 0.5) is 0 Å². The number of aldehydes is 1. The number of methoxy groups -OCH3 is 1. The number of hydrogen-bond donors (Lipinski definition) is 5. The van der Waals surface area contributed by atoms with Crippen molar-refractivity contribution in [2.75, 3.05) is 73.5 Å². The Labute approximate surface area is 265 Å². The lowest BCUT2D eigenvalue weighted by Crippen LogP contribution is -2.45. The van der Waals surface area contributed by atoms with Crippen molar-refractivity contribution in [2.24, 2.45) is 5.73 Å². The van der Waals surface area contributed by atoms with Crippen molar-refractivity contribution >= 4 is 24.0 Å². The molecule has 13 heteroatoms. The number of nitrogens with one attached hydrogen (secondary N) is 4. The van der Waals surface area contributed by atoms with Gasteiger partial charge >= 0.3 is 0 Å². The van der Waals surface area contributed by atoms with E-state index in [9.17, 15) is 19.2 Å². The number of likely N-dealkylation sites (N-methyl/N-ethyl adjacent to an activating group) is 1. The monoisotopic (exact) mass is 633 g/mol. The molecule has 1 fully saturated rings. The van der Waals surface area contributed by atoms with Gasteiger partial charge < -0.3 is 50.7 Å². The van der Waals surface area contributed by atoms with Crippen molar-refractivity contribution in [3.05, 3.63) is 0 Å². The molecular weight excluding hydrogens is 570 g/mol. The first-order valence-corrected chi connectivity index (χ1v) is 16.3. The highest BCUT2D eigenvalue weighted by Gasteiger charge is 2.24. The maximum Gasteiger partial charge on any atom is 0.237 e. The smallest absolute Gasteiger partial charge is 0.237 e. The van der Waals surface area contributed by atoms with E-state index in [0.717, 1.165) is 44.8 Å². The number of carbonyl (C=O) groups is 4. The quantitative estimate of drug-likeness (QED) is 0.0772. The fourth-order valence-corrected chi connectivity index (χ4v) is 4.12. The van der Waals surface area contributed by atoms with Crippen LogP contribution in [0.1, 0.15) is 85.0 Å². The Morgan fingerprint density at radius 3 is 1.84 bits per heavy atom. The molecule has 6 N–H and O–H groups in total. The van der Waals surface area contributed by atoms with Gasteiger partial charge in [-0.3, -0.25) is 14.4 Å². The fourth-order valence-electron chi connectivity index (χ4n) is 4.12. The zero-order valence-electron chi connectivity index (χ0n) is 28.1. The van der Waals surface area contributed by atoms with E-state index in [1.54, 1.807) is 14.2 Å². The molecule has 1 aliphatic rings. The van der Waals surface area contributed by atoms with Crippen LogP contribution in [0, 0.1) is 0 Å².